The molecule has 0 aliphatic carbocycles. The monoisotopic (exact) mass is 669 g/mol. The maximum absolute atomic E-state index is 13.1. The minimum absolute atomic E-state index is 0.378. The summed E-state index contributed by atoms with van der Waals surface area (Å²) in [5, 5.41) is 10.1. The first kappa shape index (κ1) is 46.7. The van der Waals surface area contributed by atoms with Crippen LogP contribution in [-0.2, 0) is 13.1 Å². The summed E-state index contributed by atoms with van der Waals surface area (Å²) >= 11 is 0. The van der Waals surface area contributed by atoms with E-state index in [9.17, 15) is 8.78 Å². The molecule has 2 aromatic carbocycles. The Bertz CT molecular complexity index is 1240. The molecule has 1 atom stereocenters. The van der Waals surface area contributed by atoms with Crippen molar-refractivity contribution in [1.29, 1.82) is 0 Å². The first-order valence-corrected chi connectivity index (χ1v) is 17.2. The van der Waals surface area contributed by atoms with Crippen LogP contribution in [0.25, 0.3) is 5.70 Å². The van der Waals surface area contributed by atoms with Crippen LogP contribution in [0.1, 0.15) is 93.8 Å². The minimum atomic E-state index is -0.845. The molecule has 1 aromatic heterocycles. The van der Waals surface area contributed by atoms with E-state index < -0.39 is 11.6 Å². The van der Waals surface area contributed by atoms with Crippen LogP contribution in [0.15, 0.2) is 74.5 Å². The Balaban J connectivity index is 0. The fraction of sp³-hybridized carbons (Fsp3) is 0.488. The molecule has 1 unspecified atom stereocenters. The number of aromatic nitrogens is 1. The number of aliphatic hydroxyl groups excluding tert-OH is 1. The second kappa shape index (κ2) is 28.6. The number of nitrogens with one attached hydrogen (secondary N) is 1. The standard InChI is InChI=1S/C16H16F2N2.C12H19N.C10H23N.C2H4.CH4O/c1-10-6-14(9-20-11(10)2)12(3)19-8-13-4-5-15(17)16(18)7-13;1-4-9-13(3)10-12-7-5-11(2)6-8-12;1-5-8-11(9-6-2)10(4)7-3;2*1-2/h4-7,9,19H,3,8H2,1-2H3;5-8H,4,9-10H2,1-3H3;10H,5-9H2,1-4H3;1-2H2;2H,1H3. The van der Waals surface area contributed by atoms with Gasteiger partial charge in [0.05, 0.1) is 0 Å². The molecule has 3 aromatic rings. The van der Waals surface area contributed by atoms with Gasteiger partial charge in [0.15, 0.2) is 11.6 Å². The number of aryl methyl sites for hydroxylation is 3. The molecule has 0 saturated carbocycles. The van der Waals surface area contributed by atoms with Crippen molar-refractivity contribution in [3.63, 3.8) is 0 Å². The van der Waals surface area contributed by atoms with Crippen LogP contribution in [0.2, 0.25) is 0 Å². The summed E-state index contributed by atoms with van der Waals surface area (Å²) < 4.78 is 25.9. The highest BCUT2D eigenvalue weighted by molar-refractivity contribution is 5.61. The Morgan fingerprint density at radius 2 is 1.38 bits per heavy atom. The van der Waals surface area contributed by atoms with E-state index >= 15 is 0 Å². The lowest BCUT2D eigenvalue weighted by molar-refractivity contribution is 0.204. The van der Waals surface area contributed by atoms with E-state index in [0.717, 1.165) is 42.6 Å². The summed E-state index contributed by atoms with van der Waals surface area (Å²) in [6, 6.07) is 15.4. The summed E-state index contributed by atoms with van der Waals surface area (Å²) in [4.78, 5) is 9.21. The second-order valence-electron chi connectivity index (χ2n) is 11.7. The van der Waals surface area contributed by atoms with Crippen LogP contribution in [0, 0.1) is 32.4 Å². The summed E-state index contributed by atoms with van der Waals surface area (Å²) in [5.74, 6) is -1.69. The molecule has 2 N–H and O–H groups in total. The van der Waals surface area contributed by atoms with Gasteiger partial charge in [-0.2, -0.15) is 0 Å². The molecule has 0 aliphatic rings. The number of halogens is 2. The van der Waals surface area contributed by atoms with E-state index in [1.54, 1.807) is 6.20 Å². The molecule has 0 saturated heterocycles. The molecule has 0 aliphatic heterocycles. The maximum atomic E-state index is 13.1. The van der Waals surface area contributed by atoms with Gasteiger partial charge in [0.25, 0.3) is 0 Å². The van der Waals surface area contributed by atoms with Gasteiger partial charge in [0.2, 0.25) is 0 Å². The highest BCUT2D eigenvalue weighted by atomic mass is 19.2. The molecule has 0 fully saturated rings. The van der Waals surface area contributed by atoms with Crippen molar-refractivity contribution in [3.05, 3.63) is 120 Å². The number of aliphatic hydroxyl groups is 1. The highest BCUT2D eigenvalue weighted by Crippen LogP contribution is 2.14. The molecular formula is C41H66F2N4O. The largest absolute Gasteiger partial charge is 0.400 e. The molecule has 0 bridgehead atoms. The van der Waals surface area contributed by atoms with Gasteiger partial charge in [-0.25, -0.2) is 8.78 Å². The van der Waals surface area contributed by atoms with E-state index in [2.05, 4.69) is 113 Å². The SMILES string of the molecule is C=C.C=C(NCc1ccc(F)c(F)c1)c1cnc(C)c(C)c1.CCCN(C)Cc1ccc(C)cc1.CCCN(CCC)C(C)CC.CO. The molecule has 1 heterocycles. The van der Waals surface area contributed by atoms with Crippen LogP contribution >= 0.6 is 0 Å². The highest BCUT2D eigenvalue weighted by Gasteiger charge is 2.08. The van der Waals surface area contributed by atoms with Crippen molar-refractivity contribution in [3.8, 4) is 0 Å². The molecular weight excluding hydrogens is 602 g/mol. The van der Waals surface area contributed by atoms with Gasteiger partial charge in [-0.05, 0) is 115 Å². The van der Waals surface area contributed by atoms with Gasteiger partial charge in [-0.15, -0.1) is 13.2 Å². The van der Waals surface area contributed by atoms with Crippen LogP contribution in [0.4, 0.5) is 8.78 Å². The van der Waals surface area contributed by atoms with Gasteiger partial charge >= 0.3 is 0 Å². The van der Waals surface area contributed by atoms with Crippen LogP contribution < -0.4 is 5.32 Å². The molecule has 7 heteroatoms. The molecule has 0 radical (unpaired) electrons. The van der Waals surface area contributed by atoms with Gasteiger partial charge in [0.1, 0.15) is 0 Å². The molecule has 5 nitrogen and oxygen atoms in total. The average Bonchev–Trinajstić information content (AvgIpc) is 3.09. The normalized spacial score (nSPS) is 10.6. The van der Waals surface area contributed by atoms with Crippen LogP contribution in [0.3, 0.4) is 0 Å². The van der Waals surface area contributed by atoms with E-state index in [4.69, 9.17) is 5.11 Å². The summed E-state index contributed by atoms with van der Waals surface area (Å²) in [7, 11) is 3.17. The van der Waals surface area contributed by atoms with Crippen molar-refractivity contribution in [2.45, 2.75) is 100 Å². The second-order valence-corrected chi connectivity index (χ2v) is 11.7. The summed E-state index contributed by atoms with van der Waals surface area (Å²) in [6.07, 6.45) is 6.81. The zero-order valence-electron chi connectivity index (χ0n) is 31.8. The van der Waals surface area contributed by atoms with Crippen molar-refractivity contribution in [1.82, 2.24) is 20.1 Å². The van der Waals surface area contributed by atoms with Crippen molar-refractivity contribution < 1.29 is 13.9 Å². The Morgan fingerprint density at radius 3 is 1.85 bits per heavy atom. The minimum Gasteiger partial charge on any atom is -0.400 e. The Hall–Kier alpha value is -3.39. The molecule has 3 rings (SSSR count). The van der Waals surface area contributed by atoms with Crippen molar-refractivity contribution in [2.24, 2.45) is 0 Å². The van der Waals surface area contributed by atoms with Gasteiger partial charge in [0, 0.05) is 49.4 Å². The predicted octanol–water partition coefficient (Wildman–Crippen LogP) is 9.89. The third-order valence-corrected chi connectivity index (χ3v) is 7.59. The average molecular weight is 669 g/mol. The first-order valence-electron chi connectivity index (χ1n) is 17.2. The fourth-order valence-electron chi connectivity index (χ4n) is 4.62. The number of rotatable bonds is 14. The zero-order chi connectivity index (χ0) is 37.1. The number of nitrogens with zero attached hydrogens (tertiary/aromatic N) is 3. The Morgan fingerprint density at radius 1 is 0.833 bits per heavy atom. The van der Waals surface area contributed by atoms with E-state index in [0.29, 0.717) is 17.8 Å². The van der Waals surface area contributed by atoms with E-state index in [1.807, 2.05) is 19.9 Å². The van der Waals surface area contributed by atoms with E-state index in [1.165, 1.54) is 68.6 Å². The van der Waals surface area contributed by atoms with Crippen LogP contribution in [-0.4, -0.2) is 59.7 Å². The Labute approximate surface area is 292 Å². The number of hydrogen-bond acceptors (Lipinski definition) is 5. The number of benzene rings is 2. The van der Waals surface area contributed by atoms with Gasteiger partial charge in [-0.3, -0.25) is 4.98 Å². The molecule has 48 heavy (non-hydrogen) atoms. The third-order valence-electron chi connectivity index (χ3n) is 7.59. The van der Waals surface area contributed by atoms with Crippen LogP contribution in [0.5, 0.6) is 0 Å². The zero-order valence-corrected chi connectivity index (χ0v) is 31.8. The smallest absolute Gasteiger partial charge is 0.159 e. The van der Waals surface area contributed by atoms with Crippen molar-refractivity contribution >= 4 is 5.70 Å². The topological polar surface area (TPSA) is 51.6 Å². The number of pyridine rings is 1. The molecule has 0 spiro atoms. The quantitative estimate of drug-likeness (QED) is 0.168. The Kier molecular flexibility index (Phi) is 27.8. The lowest BCUT2D eigenvalue weighted by Crippen LogP contribution is -2.33. The van der Waals surface area contributed by atoms with E-state index in [-0.39, 0.29) is 0 Å². The fourth-order valence-corrected chi connectivity index (χ4v) is 4.62. The van der Waals surface area contributed by atoms with Gasteiger partial charge < -0.3 is 20.2 Å². The predicted molar refractivity (Wildman–Crippen MR) is 205 cm³/mol. The number of hydrogen-bond donors (Lipinski definition) is 2. The summed E-state index contributed by atoms with van der Waals surface area (Å²) in [5.41, 5.74) is 7.03. The van der Waals surface area contributed by atoms with Crippen molar-refractivity contribution in [2.75, 3.05) is 33.8 Å². The molecule has 0 amide bonds. The lowest BCUT2D eigenvalue weighted by atomic mass is 10.1. The lowest BCUT2D eigenvalue weighted by Gasteiger charge is -2.27. The maximum Gasteiger partial charge on any atom is 0.159 e. The first-order chi connectivity index (χ1) is 22.9. The van der Waals surface area contributed by atoms with Gasteiger partial charge in [-0.1, -0.05) is 70.2 Å². The summed E-state index contributed by atoms with van der Waals surface area (Å²) in [6.45, 7) is 32.4. The molecule has 270 valence electrons. The third kappa shape index (κ3) is 20.1.